The molecule has 0 saturated carbocycles. The molecule has 0 heterocycles. The van der Waals surface area contributed by atoms with E-state index in [2.05, 4.69) is 69.3 Å². The molecule has 76 heavy (non-hydrogen) atoms. The molecule has 4 N–H and O–H groups in total. The number of ether oxygens (including phenoxy) is 2. The highest BCUT2D eigenvalue weighted by Gasteiger charge is 2.28. The number of amides is 2. The van der Waals surface area contributed by atoms with Gasteiger partial charge >= 0.3 is 22.5 Å². The molecule has 0 aliphatic carbocycles. The second kappa shape index (κ2) is 23.2. The van der Waals surface area contributed by atoms with Gasteiger partial charge in [0.2, 0.25) is 0 Å². The van der Waals surface area contributed by atoms with Gasteiger partial charge in [0.25, 0.3) is 11.8 Å². The van der Waals surface area contributed by atoms with E-state index < -0.39 is 12.5 Å². The molecule has 9 aromatic rings. The van der Waals surface area contributed by atoms with Gasteiger partial charge in [0.15, 0.2) is 0 Å². The van der Waals surface area contributed by atoms with Crippen LogP contribution < -0.4 is 14.8 Å². The molecular formula is C61H59B3N2O10. The fourth-order valence-corrected chi connectivity index (χ4v) is 10.4. The molecule has 0 unspecified atom stereocenters. The summed E-state index contributed by atoms with van der Waals surface area (Å²) in [5, 5.41) is 46.1. The Labute approximate surface area is 444 Å². The Morgan fingerprint density at radius 3 is 1.33 bits per heavy atom. The Bertz CT molecular complexity index is 3480. The maximum absolute atomic E-state index is 14.8. The van der Waals surface area contributed by atoms with Crippen LogP contribution in [0.3, 0.4) is 0 Å². The topological polar surface area (TPSA) is 158 Å². The number of hydrogen-bond acceptors (Lipinski definition) is 10. The minimum Gasteiger partial charge on any atom is -0.537 e. The summed E-state index contributed by atoms with van der Waals surface area (Å²) in [6.45, 7) is 9.76. The molecule has 0 saturated heterocycles. The number of rotatable bonds is 19. The van der Waals surface area contributed by atoms with E-state index in [0.717, 1.165) is 82.0 Å². The van der Waals surface area contributed by atoms with Crippen molar-refractivity contribution >= 4 is 82.9 Å². The fraction of sp³-hybridized carbons (Fsp3) is 0.213. The third-order valence-corrected chi connectivity index (χ3v) is 13.9. The van der Waals surface area contributed by atoms with Crippen molar-refractivity contribution in [2.75, 3.05) is 14.1 Å². The van der Waals surface area contributed by atoms with Crippen molar-refractivity contribution in [2.45, 2.75) is 72.6 Å². The SMILES string of the molecule is Cc1cc(COCc2c3ccccc3c(CN(C)C(=O)c3ccc(C(=O)N(C)Cc4c5ccccc5c(COCc5cc(O[B]O)cc(O[B]O)c5)c5ccccc45)cc3C(C)(C)C)c3ccccc23)cc(B(O)O)c1. The Morgan fingerprint density at radius 2 is 0.921 bits per heavy atom. The molecule has 9 aromatic carbocycles. The first-order chi connectivity index (χ1) is 36.6. The number of carbonyl (C=O) groups excluding carboxylic acids is 2. The third kappa shape index (κ3) is 11.5. The normalized spacial score (nSPS) is 11.6. The van der Waals surface area contributed by atoms with E-state index in [9.17, 15) is 29.7 Å². The van der Waals surface area contributed by atoms with Gasteiger partial charge in [-0.1, -0.05) is 142 Å². The van der Waals surface area contributed by atoms with E-state index in [4.69, 9.17) is 18.8 Å². The van der Waals surface area contributed by atoms with E-state index in [1.807, 2.05) is 74.6 Å². The van der Waals surface area contributed by atoms with E-state index in [1.54, 1.807) is 53.2 Å². The van der Waals surface area contributed by atoms with Crippen LogP contribution in [0.15, 0.2) is 152 Å². The molecule has 0 aromatic heterocycles. The van der Waals surface area contributed by atoms with Crippen LogP contribution in [0.5, 0.6) is 11.5 Å². The lowest BCUT2D eigenvalue weighted by molar-refractivity contribution is 0.0772. The predicted octanol–water partition coefficient (Wildman–Crippen LogP) is 9.37. The summed E-state index contributed by atoms with van der Waals surface area (Å²) < 4.78 is 23.0. The Hall–Kier alpha value is -7.49. The highest BCUT2D eigenvalue weighted by Crippen LogP contribution is 2.38. The van der Waals surface area contributed by atoms with Crippen molar-refractivity contribution in [3.05, 3.63) is 207 Å². The van der Waals surface area contributed by atoms with Crippen LogP contribution in [0.25, 0.3) is 43.1 Å². The fourth-order valence-electron chi connectivity index (χ4n) is 10.4. The van der Waals surface area contributed by atoms with E-state index in [1.165, 1.54) is 6.07 Å². The van der Waals surface area contributed by atoms with Crippen molar-refractivity contribution in [3.8, 4) is 11.5 Å². The highest BCUT2D eigenvalue weighted by molar-refractivity contribution is 6.58. The summed E-state index contributed by atoms with van der Waals surface area (Å²) in [5.74, 6) is 0.281. The lowest BCUT2D eigenvalue weighted by atomic mass is 9.79. The molecule has 12 nitrogen and oxygen atoms in total. The largest absolute Gasteiger partial charge is 0.569 e. The maximum atomic E-state index is 14.8. The van der Waals surface area contributed by atoms with Crippen molar-refractivity contribution in [1.82, 2.24) is 9.80 Å². The molecule has 9 rings (SSSR count). The summed E-state index contributed by atoms with van der Waals surface area (Å²) in [6, 6.07) is 48.5. The first-order valence-corrected chi connectivity index (χ1v) is 25.1. The minimum absolute atomic E-state index is 0.160. The summed E-state index contributed by atoms with van der Waals surface area (Å²) in [7, 11) is 3.21. The smallest absolute Gasteiger partial charge is 0.537 e. The van der Waals surface area contributed by atoms with Crippen LogP contribution in [-0.4, -0.2) is 78.3 Å². The van der Waals surface area contributed by atoms with Crippen molar-refractivity contribution < 1.29 is 48.5 Å². The van der Waals surface area contributed by atoms with Crippen LogP contribution in [0, 0.1) is 6.92 Å². The number of hydrogen-bond donors (Lipinski definition) is 4. The molecular weight excluding hydrogens is 953 g/mol. The summed E-state index contributed by atoms with van der Waals surface area (Å²) in [5.41, 5.74) is 8.17. The molecule has 0 spiro atoms. The molecule has 382 valence electrons. The van der Waals surface area contributed by atoms with Gasteiger partial charge < -0.3 is 48.7 Å². The molecule has 0 aliphatic heterocycles. The molecule has 2 amide bonds. The zero-order valence-corrected chi connectivity index (χ0v) is 43.5. The second-order valence-corrected chi connectivity index (χ2v) is 20.3. The quantitative estimate of drug-likeness (QED) is 0.0455. The maximum Gasteiger partial charge on any atom is 0.569 e. The number of benzene rings is 9. The van der Waals surface area contributed by atoms with Crippen LogP contribution in [0.1, 0.15) is 86.0 Å². The number of fused-ring (bicyclic) bond motifs is 4. The first-order valence-electron chi connectivity index (χ1n) is 25.1. The van der Waals surface area contributed by atoms with Crippen LogP contribution in [0.2, 0.25) is 0 Å². The first kappa shape index (κ1) is 53.3. The molecule has 0 fully saturated rings. The summed E-state index contributed by atoms with van der Waals surface area (Å²) in [6.07, 6.45) is 0. The van der Waals surface area contributed by atoms with Crippen LogP contribution in [0.4, 0.5) is 0 Å². The zero-order chi connectivity index (χ0) is 53.7. The lowest BCUT2D eigenvalue weighted by Crippen LogP contribution is -2.31. The molecule has 0 aliphatic rings. The summed E-state index contributed by atoms with van der Waals surface area (Å²) in [4.78, 5) is 32.9. The second-order valence-electron chi connectivity index (χ2n) is 20.3. The van der Waals surface area contributed by atoms with E-state index in [-0.39, 0.29) is 31.6 Å². The lowest BCUT2D eigenvalue weighted by Gasteiger charge is -2.27. The van der Waals surface area contributed by atoms with Gasteiger partial charge in [-0.05, 0) is 130 Å². The molecule has 0 atom stereocenters. The van der Waals surface area contributed by atoms with Crippen molar-refractivity contribution in [2.24, 2.45) is 0 Å². The summed E-state index contributed by atoms with van der Waals surface area (Å²) >= 11 is 0. The van der Waals surface area contributed by atoms with E-state index in [0.29, 0.717) is 68.7 Å². The van der Waals surface area contributed by atoms with Crippen LogP contribution >= 0.6 is 0 Å². The van der Waals surface area contributed by atoms with E-state index >= 15 is 0 Å². The van der Waals surface area contributed by atoms with Gasteiger partial charge in [0.1, 0.15) is 11.5 Å². The third-order valence-electron chi connectivity index (χ3n) is 13.9. The Morgan fingerprint density at radius 1 is 0.513 bits per heavy atom. The van der Waals surface area contributed by atoms with Crippen molar-refractivity contribution in [3.63, 3.8) is 0 Å². The average molecular weight is 1010 g/mol. The molecule has 2 radical (unpaired) electrons. The number of aryl methyl sites for hydroxylation is 1. The van der Waals surface area contributed by atoms with Gasteiger partial charge in [0, 0.05) is 44.4 Å². The van der Waals surface area contributed by atoms with Gasteiger partial charge in [-0.15, -0.1) is 0 Å². The number of carbonyl (C=O) groups is 2. The predicted molar refractivity (Wildman–Crippen MR) is 301 cm³/mol. The van der Waals surface area contributed by atoms with Gasteiger partial charge in [-0.3, -0.25) is 9.59 Å². The molecule has 0 bridgehead atoms. The molecule has 15 heteroatoms. The Balaban J connectivity index is 0.958. The Kier molecular flexibility index (Phi) is 16.3. The average Bonchev–Trinajstić information content (AvgIpc) is 3.43. The van der Waals surface area contributed by atoms with Crippen LogP contribution in [-0.2, 0) is 54.4 Å². The van der Waals surface area contributed by atoms with Gasteiger partial charge in [0.05, 0.1) is 26.4 Å². The monoisotopic (exact) mass is 1010 g/mol. The number of nitrogens with zero attached hydrogens (tertiary/aromatic N) is 2. The minimum atomic E-state index is -1.57. The zero-order valence-electron chi connectivity index (χ0n) is 43.5. The van der Waals surface area contributed by atoms with Gasteiger partial charge in [-0.25, -0.2) is 0 Å². The standard InChI is InChI=1S/C61H59B3N2O10/c1-38-25-39(27-42(26-38)64(71)72)34-73-36-56-51-21-13-9-17-47(51)55(48-18-10-14-22-52(48)56)33-66(6)60(68)53-24-23-41(30-58(53)61(2,3)4)59(67)65(5)32-54-45-15-7-11-19-49(45)57(50-20-12-8-16-46(50)54)37-74-35-40-28-43(75-62-69)31-44(29-40)76-63-70/h7-31,69-72H,32-37H2,1-6H3. The highest BCUT2D eigenvalue weighted by atomic mass is 16.5. The van der Waals surface area contributed by atoms with Crippen molar-refractivity contribution in [1.29, 1.82) is 0 Å². The van der Waals surface area contributed by atoms with Gasteiger partial charge in [-0.2, -0.15) is 0 Å².